The molecule has 1 heterocycles. The van der Waals surface area contributed by atoms with Crippen molar-refractivity contribution in [3.8, 4) is 5.75 Å². The molecule has 100 valence electrons. The number of aryl methyl sites for hydroxylation is 1. The van der Waals surface area contributed by atoms with Crippen LogP contribution in [0.4, 0.5) is 0 Å². The van der Waals surface area contributed by atoms with Gasteiger partial charge in [0, 0.05) is 24.3 Å². The number of benzene rings is 1. The van der Waals surface area contributed by atoms with Gasteiger partial charge in [-0.2, -0.15) is 5.10 Å². The van der Waals surface area contributed by atoms with Gasteiger partial charge in [0.15, 0.2) is 0 Å². The second-order valence-electron chi connectivity index (χ2n) is 5.00. The van der Waals surface area contributed by atoms with Crippen molar-refractivity contribution in [1.29, 1.82) is 0 Å². The molecule has 0 fully saturated rings. The Morgan fingerprint density at radius 3 is 3.21 bits per heavy atom. The molecular formula is C15H19N3O. The summed E-state index contributed by atoms with van der Waals surface area (Å²) < 4.78 is 5.30. The van der Waals surface area contributed by atoms with E-state index < -0.39 is 0 Å². The maximum Gasteiger partial charge on any atom is 0.119 e. The van der Waals surface area contributed by atoms with Crippen LogP contribution >= 0.6 is 0 Å². The van der Waals surface area contributed by atoms with E-state index in [4.69, 9.17) is 4.74 Å². The molecule has 2 N–H and O–H groups in total. The highest BCUT2D eigenvalue weighted by Gasteiger charge is 2.20. The van der Waals surface area contributed by atoms with Crippen molar-refractivity contribution in [2.75, 3.05) is 7.11 Å². The van der Waals surface area contributed by atoms with Gasteiger partial charge in [0.1, 0.15) is 5.75 Å². The highest BCUT2D eigenvalue weighted by atomic mass is 16.5. The zero-order chi connectivity index (χ0) is 13.1. The molecule has 1 atom stereocenters. The number of aromatic nitrogens is 2. The summed E-state index contributed by atoms with van der Waals surface area (Å²) in [5.74, 6) is 0.953. The molecular weight excluding hydrogens is 238 g/mol. The van der Waals surface area contributed by atoms with Gasteiger partial charge in [-0.25, -0.2) is 0 Å². The largest absolute Gasteiger partial charge is 0.497 e. The molecule has 3 rings (SSSR count). The minimum atomic E-state index is 0.435. The number of methoxy groups -OCH3 is 1. The molecule has 4 nitrogen and oxygen atoms in total. The van der Waals surface area contributed by atoms with Gasteiger partial charge in [-0.15, -0.1) is 0 Å². The third-order valence-corrected chi connectivity index (χ3v) is 3.77. The van der Waals surface area contributed by atoms with Crippen molar-refractivity contribution in [2.45, 2.75) is 31.8 Å². The third kappa shape index (κ3) is 2.63. The third-order valence-electron chi connectivity index (χ3n) is 3.77. The first-order chi connectivity index (χ1) is 9.36. The van der Waals surface area contributed by atoms with E-state index in [1.54, 1.807) is 7.11 Å². The van der Waals surface area contributed by atoms with Crippen LogP contribution in [0.25, 0.3) is 0 Å². The molecule has 0 bridgehead atoms. The minimum absolute atomic E-state index is 0.435. The number of rotatable bonds is 4. The second-order valence-corrected chi connectivity index (χ2v) is 5.00. The maximum absolute atomic E-state index is 5.30. The molecule has 0 amide bonds. The lowest BCUT2D eigenvalue weighted by Gasteiger charge is -2.26. The van der Waals surface area contributed by atoms with Crippen LogP contribution in [-0.2, 0) is 13.0 Å². The molecule has 0 saturated heterocycles. The fourth-order valence-electron chi connectivity index (χ4n) is 2.75. The van der Waals surface area contributed by atoms with Crippen molar-refractivity contribution < 1.29 is 4.74 Å². The molecule has 1 aliphatic carbocycles. The zero-order valence-electron chi connectivity index (χ0n) is 11.1. The van der Waals surface area contributed by atoms with E-state index in [1.807, 2.05) is 12.4 Å². The first-order valence-electron chi connectivity index (χ1n) is 6.74. The van der Waals surface area contributed by atoms with Gasteiger partial charge in [-0.1, -0.05) is 6.07 Å². The Morgan fingerprint density at radius 2 is 2.42 bits per heavy atom. The molecule has 1 aliphatic rings. The van der Waals surface area contributed by atoms with Gasteiger partial charge in [-0.05, 0) is 42.5 Å². The number of hydrogen-bond acceptors (Lipinski definition) is 3. The highest BCUT2D eigenvalue weighted by molar-refractivity contribution is 5.39. The molecule has 19 heavy (non-hydrogen) atoms. The summed E-state index contributed by atoms with van der Waals surface area (Å²) in [5.41, 5.74) is 4.02. The topological polar surface area (TPSA) is 49.9 Å². The van der Waals surface area contributed by atoms with Crippen molar-refractivity contribution in [3.63, 3.8) is 0 Å². The SMILES string of the molecule is COc1ccc2c(c1)CCCC2NCc1cn[nH]c1. The molecule has 0 spiro atoms. The maximum atomic E-state index is 5.30. The van der Waals surface area contributed by atoms with Gasteiger partial charge < -0.3 is 10.1 Å². The van der Waals surface area contributed by atoms with Gasteiger partial charge in [-0.3, -0.25) is 5.10 Å². The van der Waals surface area contributed by atoms with Crippen LogP contribution in [0.3, 0.4) is 0 Å². The normalized spacial score (nSPS) is 18.1. The first kappa shape index (κ1) is 12.2. The second kappa shape index (κ2) is 5.45. The van der Waals surface area contributed by atoms with E-state index in [9.17, 15) is 0 Å². The van der Waals surface area contributed by atoms with Crippen LogP contribution < -0.4 is 10.1 Å². The van der Waals surface area contributed by atoms with E-state index in [2.05, 4.69) is 33.7 Å². The highest BCUT2D eigenvalue weighted by Crippen LogP contribution is 2.32. The number of H-pyrrole nitrogens is 1. The number of nitrogens with zero attached hydrogens (tertiary/aromatic N) is 1. The first-order valence-corrected chi connectivity index (χ1v) is 6.74. The van der Waals surface area contributed by atoms with Crippen LogP contribution in [0, 0.1) is 0 Å². The van der Waals surface area contributed by atoms with E-state index in [1.165, 1.54) is 29.5 Å². The molecule has 0 radical (unpaired) electrons. The number of hydrogen-bond donors (Lipinski definition) is 2. The van der Waals surface area contributed by atoms with E-state index >= 15 is 0 Å². The van der Waals surface area contributed by atoms with E-state index in [0.29, 0.717) is 6.04 Å². The lowest BCUT2D eigenvalue weighted by Crippen LogP contribution is -2.24. The Hall–Kier alpha value is -1.81. The van der Waals surface area contributed by atoms with Crippen LogP contribution in [0.2, 0.25) is 0 Å². The smallest absolute Gasteiger partial charge is 0.119 e. The van der Waals surface area contributed by atoms with Gasteiger partial charge in [0.25, 0.3) is 0 Å². The summed E-state index contributed by atoms with van der Waals surface area (Å²) in [4.78, 5) is 0. The predicted molar refractivity (Wildman–Crippen MR) is 74.1 cm³/mol. The van der Waals surface area contributed by atoms with E-state index in [-0.39, 0.29) is 0 Å². The summed E-state index contributed by atoms with van der Waals surface area (Å²) in [7, 11) is 1.72. The molecule has 0 saturated carbocycles. The average Bonchev–Trinajstić information content (AvgIpc) is 2.97. The Balaban J connectivity index is 1.74. The molecule has 4 heteroatoms. The van der Waals surface area contributed by atoms with Crippen LogP contribution in [0.5, 0.6) is 5.75 Å². The zero-order valence-corrected chi connectivity index (χ0v) is 11.1. The summed E-state index contributed by atoms with van der Waals surface area (Å²) in [6.45, 7) is 0.854. The minimum Gasteiger partial charge on any atom is -0.497 e. The molecule has 2 aromatic rings. The number of fused-ring (bicyclic) bond motifs is 1. The average molecular weight is 257 g/mol. The van der Waals surface area contributed by atoms with Crippen molar-refractivity contribution >= 4 is 0 Å². The van der Waals surface area contributed by atoms with Crippen molar-refractivity contribution in [2.24, 2.45) is 0 Å². The number of ether oxygens (including phenoxy) is 1. The Kier molecular flexibility index (Phi) is 3.51. The van der Waals surface area contributed by atoms with Crippen LogP contribution in [0.1, 0.15) is 35.6 Å². The summed E-state index contributed by atoms with van der Waals surface area (Å²) in [5, 5.41) is 10.4. The van der Waals surface area contributed by atoms with Crippen LogP contribution in [0.15, 0.2) is 30.6 Å². The number of nitrogens with one attached hydrogen (secondary N) is 2. The molecule has 1 aromatic carbocycles. The van der Waals surface area contributed by atoms with Gasteiger partial charge in [0.2, 0.25) is 0 Å². The Bertz CT molecular complexity index is 536. The Labute approximate surface area is 113 Å². The summed E-state index contributed by atoms with van der Waals surface area (Å²) in [6, 6.07) is 6.85. The Morgan fingerprint density at radius 1 is 1.47 bits per heavy atom. The van der Waals surface area contributed by atoms with Crippen molar-refractivity contribution in [1.82, 2.24) is 15.5 Å². The van der Waals surface area contributed by atoms with Gasteiger partial charge in [0.05, 0.1) is 13.3 Å². The lowest BCUT2D eigenvalue weighted by atomic mass is 9.87. The monoisotopic (exact) mass is 257 g/mol. The quantitative estimate of drug-likeness (QED) is 0.885. The predicted octanol–water partition coefficient (Wildman–Crippen LogP) is 2.59. The fraction of sp³-hybridized carbons (Fsp3) is 0.400. The van der Waals surface area contributed by atoms with E-state index in [0.717, 1.165) is 18.7 Å². The fourth-order valence-corrected chi connectivity index (χ4v) is 2.75. The summed E-state index contributed by atoms with van der Waals surface area (Å²) >= 11 is 0. The number of aromatic amines is 1. The molecule has 0 aliphatic heterocycles. The molecule has 1 unspecified atom stereocenters. The molecule has 1 aromatic heterocycles. The van der Waals surface area contributed by atoms with Crippen LogP contribution in [-0.4, -0.2) is 17.3 Å². The lowest BCUT2D eigenvalue weighted by molar-refractivity contribution is 0.410. The van der Waals surface area contributed by atoms with Gasteiger partial charge >= 0.3 is 0 Å². The van der Waals surface area contributed by atoms with Crippen molar-refractivity contribution in [3.05, 3.63) is 47.3 Å². The standard InChI is InChI=1S/C15H19N3O/c1-19-13-5-6-14-12(7-13)3-2-4-15(14)16-8-11-9-17-18-10-11/h5-7,9-10,15-16H,2-4,8H2,1H3,(H,17,18). The summed E-state index contributed by atoms with van der Waals surface area (Å²) in [6.07, 6.45) is 7.37.